The maximum atomic E-state index is 14.9. The molecule has 1 nitrogen and oxygen atoms in total. The van der Waals surface area contributed by atoms with Gasteiger partial charge in [0, 0.05) is 17.2 Å². The molecule has 5 rings (SSSR count). The van der Waals surface area contributed by atoms with E-state index in [1.54, 1.807) is 13.0 Å². The summed E-state index contributed by atoms with van der Waals surface area (Å²) in [6.07, 6.45) is -4.36. The fourth-order valence-corrected chi connectivity index (χ4v) is 4.43. The van der Waals surface area contributed by atoms with Gasteiger partial charge in [-0.2, -0.15) is 8.78 Å². The highest BCUT2D eigenvalue weighted by atomic mass is 19.3. The lowest BCUT2D eigenvalue weighted by molar-refractivity contribution is -0.187. The van der Waals surface area contributed by atoms with Crippen molar-refractivity contribution < 1.29 is 44.3 Å². The van der Waals surface area contributed by atoms with Crippen molar-refractivity contribution in [2.45, 2.75) is 13.0 Å². The first-order valence-corrected chi connectivity index (χ1v) is 12.2. The quantitative estimate of drug-likeness (QED) is 0.179. The molecular weight excluding hydrogens is 571 g/mol. The van der Waals surface area contributed by atoms with E-state index in [0.29, 0.717) is 23.8 Å². The van der Waals surface area contributed by atoms with Gasteiger partial charge in [0.1, 0.15) is 34.8 Å². The normalized spacial score (nSPS) is 11.6. The molecule has 0 aliphatic rings. The van der Waals surface area contributed by atoms with E-state index in [0.717, 1.165) is 48.5 Å². The highest BCUT2D eigenvalue weighted by Gasteiger charge is 2.38. The molecule has 0 amide bonds. The van der Waals surface area contributed by atoms with Crippen LogP contribution in [-0.2, 0) is 6.11 Å². The zero-order valence-corrected chi connectivity index (χ0v) is 21.4. The van der Waals surface area contributed by atoms with Crippen LogP contribution in [0.4, 0.5) is 39.5 Å². The summed E-state index contributed by atoms with van der Waals surface area (Å²) in [5.41, 5.74) is -2.35. The zero-order valence-electron chi connectivity index (χ0n) is 21.4. The minimum atomic E-state index is -4.36. The van der Waals surface area contributed by atoms with E-state index in [1.165, 1.54) is 12.1 Å². The topological polar surface area (TPSA) is 9.23 Å². The van der Waals surface area contributed by atoms with Crippen molar-refractivity contribution in [1.82, 2.24) is 0 Å². The number of hydrogen-bond donors (Lipinski definition) is 0. The SMILES string of the molecule is Cc1ccc(-c2cc(F)c(-c3ccc(C(F)(F)Oc4ccc(-c5ccc(F)c(F)c5)c(F)c4)c(F)c3)c(F)c2)c(F)c1. The van der Waals surface area contributed by atoms with Crippen molar-refractivity contribution >= 4 is 0 Å². The lowest BCUT2D eigenvalue weighted by Crippen LogP contribution is -2.23. The Bertz CT molecular complexity index is 1810. The van der Waals surface area contributed by atoms with Crippen LogP contribution in [0.2, 0.25) is 0 Å². The molecule has 0 spiro atoms. The van der Waals surface area contributed by atoms with E-state index in [-0.39, 0.29) is 22.3 Å². The van der Waals surface area contributed by atoms with Crippen LogP contribution in [0.5, 0.6) is 5.75 Å². The average molecular weight is 588 g/mol. The number of halogens is 9. The molecule has 0 N–H and O–H groups in total. The Morgan fingerprint density at radius 2 is 1.05 bits per heavy atom. The second kappa shape index (κ2) is 10.9. The van der Waals surface area contributed by atoms with E-state index < -0.39 is 69.3 Å². The Morgan fingerprint density at radius 1 is 0.476 bits per heavy atom. The number of aryl methyl sites for hydroxylation is 1. The highest BCUT2D eigenvalue weighted by Crippen LogP contribution is 2.38. The molecule has 42 heavy (non-hydrogen) atoms. The van der Waals surface area contributed by atoms with Gasteiger partial charge in [-0.1, -0.05) is 24.3 Å². The van der Waals surface area contributed by atoms with Crippen LogP contribution in [0, 0.1) is 47.6 Å². The van der Waals surface area contributed by atoms with Gasteiger partial charge in [0.05, 0.1) is 11.1 Å². The van der Waals surface area contributed by atoms with Crippen molar-refractivity contribution in [2.75, 3.05) is 0 Å². The van der Waals surface area contributed by atoms with Gasteiger partial charge in [-0.3, -0.25) is 0 Å². The van der Waals surface area contributed by atoms with Crippen molar-refractivity contribution in [1.29, 1.82) is 0 Å². The van der Waals surface area contributed by atoms with Gasteiger partial charge >= 0.3 is 6.11 Å². The molecule has 10 heteroatoms. The van der Waals surface area contributed by atoms with Crippen LogP contribution in [0.25, 0.3) is 33.4 Å². The Hall–Kier alpha value is -4.73. The van der Waals surface area contributed by atoms with E-state index in [1.807, 2.05) is 0 Å². The van der Waals surface area contributed by atoms with Crippen LogP contribution in [0.15, 0.2) is 84.9 Å². The molecule has 0 saturated carbocycles. The number of ether oxygens (including phenoxy) is 1. The highest BCUT2D eigenvalue weighted by molar-refractivity contribution is 5.72. The van der Waals surface area contributed by atoms with Gasteiger partial charge in [0.25, 0.3) is 0 Å². The van der Waals surface area contributed by atoms with Crippen LogP contribution in [0.1, 0.15) is 11.1 Å². The predicted octanol–water partition coefficient (Wildman–Crippen LogP) is 10.1. The van der Waals surface area contributed by atoms with Gasteiger partial charge in [0.2, 0.25) is 0 Å². The van der Waals surface area contributed by atoms with Crippen LogP contribution < -0.4 is 4.74 Å². The van der Waals surface area contributed by atoms with E-state index in [2.05, 4.69) is 4.74 Å². The van der Waals surface area contributed by atoms with Crippen molar-refractivity contribution in [3.63, 3.8) is 0 Å². The molecule has 0 aromatic heterocycles. The van der Waals surface area contributed by atoms with Gasteiger partial charge in [-0.15, -0.1) is 0 Å². The third-order valence-corrected chi connectivity index (χ3v) is 6.47. The monoisotopic (exact) mass is 588 g/mol. The fourth-order valence-electron chi connectivity index (χ4n) is 4.43. The third kappa shape index (κ3) is 5.57. The molecule has 0 unspecified atom stereocenters. The van der Waals surface area contributed by atoms with Crippen LogP contribution in [-0.4, -0.2) is 0 Å². The summed E-state index contributed by atoms with van der Waals surface area (Å²) in [6, 6.07) is 12.7. The van der Waals surface area contributed by atoms with E-state index in [9.17, 15) is 39.5 Å². The third-order valence-electron chi connectivity index (χ3n) is 6.47. The Labute approximate surface area is 233 Å². The maximum Gasteiger partial charge on any atom is 0.429 e. The van der Waals surface area contributed by atoms with E-state index >= 15 is 0 Å². The van der Waals surface area contributed by atoms with Crippen LogP contribution in [0.3, 0.4) is 0 Å². The largest absolute Gasteiger partial charge is 0.429 e. The second-order valence-corrected chi connectivity index (χ2v) is 9.38. The molecule has 0 saturated heterocycles. The zero-order chi connectivity index (χ0) is 30.3. The first-order chi connectivity index (χ1) is 19.8. The smallest absolute Gasteiger partial charge is 0.429 e. The number of alkyl halides is 2. The summed E-state index contributed by atoms with van der Waals surface area (Å²) in [7, 11) is 0. The molecule has 214 valence electrons. The molecule has 5 aromatic carbocycles. The van der Waals surface area contributed by atoms with Crippen LogP contribution >= 0.6 is 0 Å². The minimum Gasteiger partial charge on any atom is -0.429 e. The molecule has 0 atom stereocenters. The lowest BCUT2D eigenvalue weighted by Gasteiger charge is -2.20. The number of benzene rings is 5. The summed E-state index contributed by atoms with van der Waals surface area (Å²) in [4.78, 5) is 0. The predicted molar refractivity (Wildman–Crippen MR) is 138 cm³/mol. The average Bonchev–Trinajstić information content (AvgIpc) is 2.90. The van der Waals surface area contributed by atoms with Gasteiger partial charge in [-0.25, -0.2) is 30.7 Å². The first kappa shape index (κ1) is 28.8. The molecule has 0 bridgehead atoms. The summed E-state index contributed by atoms with van der Waals surface area (Å²) >= 11 is 0. The summed E-state index contributed by atoms with van der Waals surface area (Å²) in [6.45, 7) is 1.64. The van der Waals surface area contributed by atoms with Gasteiger partial charge in [-0.05, 0) is 83.8 Å². The summed E-state index contributed by atoms with van der Waals surface area (Å²) < 4.78 is 135. The fraction of sp³-hybridized carbons (Fsp3) is 0.0625. The van der Waals surface area contributed by atoms with E-state index in [4.69, 9.17) is 0 Å². The molecule has 0 fully saturated rings. The lowest BCUT2D eigenvalue weighted by atomic mass is 9.97. The standard InChI is InChI=1S/C32H17F9O/c1-16-2-6-22(25(34)10-16)19-13-29(38)31(30(39)14-19)18-3-8-23(27(36)12-18)32(40,41)42-20-5-7-21(26(35)15-20)17-4-9-24(33)28(37)11-17/h2-15H,1H3. The number of rotatable bonds is 6. The molecular formula is C32H17F9O. The molecule has 0 radical (unpaired) electrons. The van der Waals surface area contributed by atoms with Gasteiger partial charge in [0.15, 0.2) is 11.6 Å². The maximum absolute atomic E-state index is 14.9. The molecule has 0 aliphatic heterocycles. The molecule has 5 aromatic rings. The second-order valence-electron chi connectivity index (χ2n) is 9.38. The molecule has 0 aliphatic carbocycles. The van der Waals surface area contributed by atoms with Crippen molar-refractivity contribution in [2.24, 2.45) is 0 Å². The van der Waals surface area contributed by atoms with Crippen molar-refractivity contribution in [3.05, 3.63) is 137 Å². The number of hydrogen-bond acceptors (Lipinski definition) is 1. The van der Waals surface area contributed by atoms with Crippen molar-refractivity contribution in [3.8, 4) is 39.1 Å². The Balaban J connectivity index is 1.41. The first-order valence-electron chi connectivity index (χ1n) is 12.2. The summed E-state index contributed by atoms with van der Waals surface area (Å²) in [5.74, 6) is -8.88. The Morgan fingerprint density at radius 3 is 1.67 bits per heavy atom. The van der Waals surface area contributed by atoms with Gasteiger partial charge < -0.3 is 4.74 Å². The summed E-state index contributed by atoms with van der Waals surface area (Å²) in [5, 5.41) is 0. The Kier molecular flexibility index (Phi) is 7.49. The minimum absolute atomic E-state index is 0.0668. The molecule has 0 heterocycles.